The first-order valence-corrected chi connectivity index (χ1v) is 5.49. The summed E-state index contributed by atoms with van der Waals surface area (Å²) in [5.74, 6) is 0.0896. The van der Waals surface area contributed by atoms with Gasteiger partial charge in [0.2, 0.25) is 5.91 Å². The first-order chi connectivity index (χ1) is 6.54. The molecule has 0 saturated heterocycles. The van der Waals surface area contributed by atoms with Crippen molar-refractivity contribution in [3.05, 3.63) is 0 Å². The lowest BCUT2D eigenvalue weighted by Gasteiger charge is -2.32. The predicted molar refractivity (Wildman–Crippen MR) is 61.6 cm³/mol. The molecule has 0 radical (unpaired) electrons. The Kier molecular flexibility index (Phi) is 4.75. The highest BCUT2D eigenvalue weighted by Crippen LogP contribution is 2.19. The quantitative estimate of drug-likeness (QED) is 0.708. The van der Waals surface area contributed by atoms with Gasteiger partial charge in [0, 0.05) is 19.0 Å². The van der Waals surface area contributed by atoms with Crippen LogP contribution in [0.15, 0.2) is 0 Å². The molecule has 2 nitrogen and oxygen atoms in total. The van der Waals surface area contributed by atoms with Crippen LogP contribution >= 0.6 is 0 Å². The number of hydrogen-bond acceptors (Lipinski definition) is 1. The van der Waals surface area contributed by atoms with Crippen LogP contribution in [-0.4, -0.2) is 29.1 Å². The van der Waals surface area contributed by atoms with Crippen LogP contribution in [0.25, 0.3) is 0 Å². The van der Waals surface area contributed by atoms with E-state index < -0.39 is 5.67 Å². The summed E-state index contributed by atoms with van der Waals surface area (Å²) >= 11 is 0. The average molecular weight is 217 g/mol. The first kappa shape index (κ1) is 14.4. The number of alkyl halides is 1. The molecule has 0 heterocycles. The molecule has 3 heteroatoms. The summed E-state index contributed by atoms with van der Waals surface area (Å²) in [6.07, 6.45) is 1.49. The summed E-state index contributed by atoms with van der Waals surface area (Å²) in [4.78, 5) is 13.4. The number of halogens is 1. The maximum absolute atomic E-state index is 13.1. The Balaban J connectivity index is 3.96. The summed E-state index contributed by atoms with van der Waals surface area (Å²) in [7, 11) is 1.79. The molecule has 0 aliphatic heterocycles. The molecule has 0 N–H and O–H groups in total. The largest absolute Gasteiger partial charge is 0.341 e. The van der Waals surface area contributed by atoms with Crippen LogP contribution in [0.2, 0.25) is 0 Å². The third-order valence-corrected chi connectivity index (χ3v) is 2.54. The molecular formula is C12H24FNO. The minimum atomic E-state index is -1.17. The van der Waals surface area contributed by atoms with Crippen molar-refractivity contribution in [2.24, 2.45) is 0 Å². The zero-order chi connectivity index (χ0) is 12.3. The van der Waals surface area contributed by atoms with Gasteiger partial charge in [-0.1, -0.05) is 0 Å². The van der Waals surface area contributed by atoms with Crippen molar-refractivity contribution in [3.63, 3.8) is 0 Å². The zero-order valence-electron chi connectivity index (χ0n) is 10.9. The molecule has 0 aromatic carbocycles. The van der Waals surface area contributed by atoms with E-state index in [1.807, 2.05) is 20.8 Å². The van der Waals surface area contributed by atoms with Crippen LogP contribution < -0.4 is 0 Å². The Morgan fingerprint density at radius 3 is 2.00 bits per heavy atom. The Labute approximate surface area is 92.8 Å². The maximum Gasteiger partial charge on any atom is 0.222 e. The lowest BCUT2D eigenvalue weighted by molar-refractivity contribution is -0.134. The average Bonchev–Trinajstić information content (AvgIpc) is 1.98. The van der Waals surface area contributed by atoms with Crippen molar-refractivity contribution in [3.8, 4) is 0 Å². The molecule has 0 bridgehead atoms. The van der Waals surface area contributed by atoms with Gasteiger partial charge in [0.15, 0.2) is 0 Å². The van der Waals surface area contributed by atoms with E-state index in [1.54, 1.807) is 25.8 Å². The van der Waals surface area contributed by atoms with Crippen LogP contribution in [0.1, 0.15) is 53.9 Å². The van der Waals surface area contributed by atoms with Gasteiger partial charge in [0.25, 0.3) is 0 Å². The number of carbonyl (C=O) groups is 1. The second-order valence-electron chi connectivity index (χ2n) is 5.70. The van der Waals surface area contributed by atoms with Gasteiger partial charge in [-0.2, -0.15) is 0 Å². The molecule has 0 aliphatic rings. The Bertz CT molecular complexity index is 213. The van der Waals surface area contributed by atoms with Crippen molar-refractivity contribution >= 4 is 5.91 Å². The highest BCUT2D eigenvalue weighted by molar-refractivity contribution is 5.76. The molecule has 0 saturated carbocycles. The summed E-state index contributed by atoms with van der Waals surface area (Å²) in [5.41, 5.74) is -1.32. The Morgan fingerprint density at radius 1 is 1.20 bits per heavy atom. The molecule has 15 heavy (non-hydrogen) atoms. The molecule has 90 valence electrons. The highest BCUT2D eigenvalue weighted by atomic mass is 19.1. The lowest BCUT2D eigenvalue weighted by Crippen LogP contribution is -2.42. The van der Waals surface area contributed by atoms with Crippen molar-refractivity contribution in [1.29, 1.82) is 0 Å². The van der Waals surface area contributed by atoms with E-state index in [2.05, 4.69) is 0 Å². The number of hydrogen-bond donors (Lipinski definition) is 0. The number of rotatable bonds is 4. The maximum atomic E-state index is 13.1. The number of amides is 1. The van der Waals surface area contributed by atoms with E-state index in [0.717, 1.165) is 0 Å². The molecule has 0 aromatic heterocycles. The van der Waals surface area contributed by atoms with Gasteiger partial charge in [0.05, 0.1) is 0 Å². The van der Waals surface area contributed by atoms with Gasteiger partial charge in [-0.15, -0.1) is 0 Å². The third kappa shape index (κ3) is 6.47. The van der Waals surface area contributed by atoms with Crippen LogP contribution in [0.3, 0.4) is 0 Å². The molecule has 0 fully saturated rings. The van der Waals surface area contributed by atoms with Crippen molar-refractivity contribution < 1.29 is 9.18 Å². The van der Waals surface area contributed by atoms with E-state index >= 15 is 0 Å². The molecule has 0 unspecified atom stereocenters. The topological polar surface area (TPSA) is 20.3 Å². The summed E-state index contributed by atoms with van der Waals surface area (Å²) in [5, 5.41) is 0. The second kappa shape index (κ2) is 4.95. The zero-order valence-corrected chi connectivity index (χ0v) is 10.9. The molecule has 0 atom stereocenters. The Morgan fingerprint density at radius 2 is 1.67 bits per heavy atom. The van der Waals surface area contributed by atoms with Gasteiger partial charge in [-0.05, 0) is 47.5 Å². The molecule has 0 aromatic rings. The van der Waals surface area contributed by atoms with Gasteiger partial charge in [-0.25, -0.2) is 4.39 Å². The predicted octanol–water partition coefficient (Wildman–Crippen LogP) is 3.16. The summed E-state index contributed by atoms with van der Waals surface area (Å²) < 4.78 is 13.1. The summed E-state index contributed by atoms with van der Waals surface area (Å²) in [6, 6.07) is 0. The number of carbonyl (C=O) groups excluding carboxylic acids is 1. The van der Waals surface area contributed by atoms with Crippen LogP contribution in [0.4, 0.5) is 4.39 Å². The lowest BCUT2D eigenvalue weighted by atomic mass is 10.0. The Hall–Kier alpha value is -0.600. The van der Waals surface area contributed by atoms with Crippen molar-refractivity contribution in [2.75, 3.05) is 7.05 Å². The fourth-order valence-corrected chi connectivity index (χ4v) is 1.20. The van der Waals surface area contributed by atoms with E-state index in [0.29, 0.717) is 19.3 Å². The molecule has 0 spiro atoms. The highest BCUT2D eigenvalue weighted by Gasteiger charge is 2.22. The summed E-state index contributed by atoms with van der Waals surface area (Å²) in [6.45, 7) is 9.06. The first-order valence-electron chi connectivity index (χ1n) is 5.49. The fraction of sp³-hybridized carbons (Fsp3) is 0.917. The van der Waals surface area contributed by atoms with Gasteiger partial charge >= 0.3 is 0 Å². The monoisotopic (exact) mass is 217 g/mol. The molecule has 0 rings (SSSR count). The minimum absolute atomic E-state index is 0.0896. The smallest absolute Gasteiger partial charge is 0.222 e. The molecule has 1 amide bonds. The van der Waals surface area contributed by atoms with Crippen molar-refractivity contribution in [2.45, 2.75) is 65.1 Å². The van der Waals surface area contributed by atoms with Gasteiger partial charge in [0.1, 0.15) is 5.67 Å². The third-order valence-electron chi connectivity index (χ3n) is 2.54. The van der Waals surface area contributed by atoms with Gasteiger partial charge < -0.3 is 4.90 Å². The second-order valence-corrected chi connectivity index (χ2v) is 5.70. The van der Waals surface area contributed by atoms with Crippen LogP contribution in [-0.2, 0) is 4.79 Å². The van der Waals surface area contributed by atoms with Crippen LogP contribution in [0, 0.1) is 0 Å². The fourth-order valence-electron chi connectivity index (χ4n) is 1.20. The minimum Gasteiger partial charge on any atom is -0.341 e. The standard InChI is InChI=1S/C12H24FNO/c1-11(2,3)14(6)10(15)8-7-9-12(4,5)13/h7-9H2,1-6H3. The van der Waals surface area contributed by atoms with E-state index in [-0.39, 0.29) is 11.4 Å². The van der Waals surface area contributed by atoms with Gasteiger partial charge in [-0.3, -0.25) is 4.79 Å². The number of nitrogens with zero attached hydrogens (tertiary/aromatic N) is 1. The van der Waals surface area contributed by atoms with E-state index in [9.17, 15) is 9.18 Å². The van der Waals surface area contributed by atoms with Crippen LogP contribution in [0.5, 0.6) is 0 Å². The SMILES string of the molecule is CN(C(=O)CCCC(C)(C)F)C(C)(C)C. The van der Waals surface area contributed by atoms with Crippen molar-refractivity contribution in [1.82, 2.24) is 4.90 Å². The molecular weight excluding hydrogens is 193 g/mol. The normalized spacial score (nSPS) is 12.7. The van der Waals surface area contributed by atoms with E-state index in [1.165, 1.54) is 0 Å². The van der Waals surface area contributed by atoms with E-state index in [4.69, 9.17) is 0 Å². The molecule has 0 aliphatic carbocycles.